The van der Waals surface area contributed by atoms with Gasteiger partial charge in [0.25, 0.3) is 0 Å². The van der Waals surface area contributed by atoms with Crippen molar-refractivity contribution in [3.05, 3.63) is 59.9 Å². The molecule has 30 heavy (non-hydrogen) atoms. The molecule has 2 heterocycles. The van der Waals surface area contributed by atoms with Crippen LogP contribution in [-0.2, 0) is 19.7 Å². The maximum absolute atomic E-state index is 14.1. The summed E-state index contributed by atoms with van der Waals surface area (Å²) in [5, 5.41) is -0.995. The Morgan fingerprint density at radius 2 is 1.57 bits per heavy atom. The first-order chi connectivity index (χ1) is 14.2. The highest BCUT2D eigenvalue weighted by molar-refractivity contribution is 7.96. The number of rotatable bonds is 4. The third-order valence-corrected chi connectivity index (χ3v) is 10.1. The van der Waals surface area contributed by atoms with Gasteiger partial charge in [0.2, 0.25) is 0 Å². The van der Waals surface area contributed by atoms with Gasteiger partial charge in [0.15, 0.2) is 19.7 Å². The van der Waals surface area contributed by atoms with E-state index in [2.05, 4.69) is 0 Å². The van der Waals surface area contributed by atoms with Crippen molar-refractivity contribution >= 4 is 25.4 Å². The lowest BCUT2D eigenvalue weighted by Gasteiger charge is -2.40. The van der Waals surface area contributed by atoms with Crippen LogP contribution in [0.5, 0.6) is 0 Å². The average molecular weight is 453 g/mol. The molecule has 2 aliphatic rings. The van der Waals surface area contributed by atoms with Gasteiger partial charge in [0.05, 0.1) is 27.3 Å². The van der Waals surface area contributed by atoms with Crippen LogP contribution in [0.4, 0.5) is 10.1 Å². The summed E-state index contributed by atoms with van der Waals surface area (Å²) < 4.78 is 65.4. The normalized spacial score (nSPS) is 24.8. The largest absolute Gasteiger partial charge is 0.367 e. The third-order valence-electron chi connectivity index (χ3n) is 6.00. The van der Waals surface area contributed by atoms with Crippen molar-refractivity contribution in [1.82, 2.24) is 4.90 Å². The second-order valence-electron chi connectivity index (χ2n) is 8.02. The van der Waals surface area contributed by atoms with E-state index in [1.807, 2.05) is 16.7 Å². The number of halogens is 1. The van der Waals surface area contributed by atoms with E-state index in [4.69, 9.17) is 0 Å². The number of anilines is 1. The number of hydrogen-bond acceptors (Lipinski definition) is 6. The highest BCUT2D eigenvalue weighted by Gasteiger charge is 2.48. The highest BCUT2D eigenvalue weighted by Crippen LogP contribution is 2.30. The van der Waals surface area contributed by atoms with Crippen LogP contribution in [0.3, 0.4) is 0 Å². The van der Waals surface area contributed by atoms with Crippen molar-refractivity contribution in [3.8, 4) is 0 Å². The van der Waals surface area contributed by atoms with Gasteiger partial charge in [-0.15, -0.1) is 0 Å². The molecule has 0 radical (unpaired) electrons. The van der Waals surface area contributed by atoms with Crippen molar-refractivity contribution < 1.29 is 21.2 Å². The maximum Gasteiger partial charge on any atom is 0.183 e. The molecule has 0 aromatic heterocycles. The van der Waals surface area contributed by atoms with Crippen LogP contribution < -0.4 is 4.90 Å². The van der Waals surface area contributed by atoms with Crippen molar-refractivity contribution in [2.24, 2.45) is 0 Å². The minimum Gasteiger partial charge on any atom is -0.367 e. The van der Waals surface area contributed by atoms with E-state index >= 15 is 0 Å². The zero-order valence-corrected chi connectivity index (χ0v) is 18.4. The molecule has 6 nitrogen and oxygen atoms in total. The topological polar surface area (TPSA) is 74.8 Å². The summed E-state index contributed by atoms with van der Waals surface area (Å²) >= 11 is 0. The molecule has 0 spiro atoms. The lowest BCUT2D eigenvalue weighted by atomic mass is 10.1. The van der Waals surface area contributed by atoms with Crippen LogP contribution in [-0.4, -0.2) is 70.7 Å². The summed E-state index contributed by atoms with van der Waals surface area (Å²) in [6.45, 7) is 3.85. The molecular formula is C21H25FN2O4S2. The highest BCUT2D eigenvalue weighted by atomic mass is 32.2. The third kappa shape index (κ3) is 4.10. The molecule has 2 aromatic carbocycles. The predicted octanol–water partition coefficient (Wildman–Crippen LogP) is 1.90. The Hall–Kier alpha value is -1.97. The van der Waals surface area contributed by atoms with Crippen molar-refractivity contribution in [3.63, 3.8) is 0 Å². The van der Waals surface area contributed by atoms with Crippen LogP contribution >= 0.6 is 0 Å². The number of nitrogens with zero attached hydrogens (tertiary/aromatic N) is 2. The fraction of sp³-hybridized carbons (Fsp3) is 0.429. The Kier molecular flexibility index (Phi) is 5.63. The Labute approximate surface area is 177 Å². The van der Waals surface area contributed by atoms with Gasteiger partial charge in [-0.2, -0.15) is 0 Å². The second kappa shape index (κ2) is 7.94. The first-order valence-corrected chi connectivity index (χ1v) is 13.3. The summed E-state index contributed by atoms with van der Waals surface area (Å²) in [7, 11) is -7.25. The fourth-order valence-corrected chi connectivity index (χ4v) is 9.17. The van der Waals surface area contributed by atoms with Gasteiger partial charge in [0.1, 0.15) is 5.82 Å². The summed E-state index contributed by atoms with van der Waals surface area (Å²) in [6.07, 6.45) is 0. The predicted molar refractivity (Wildman–Crippen MR) is 115 cm³/mol. The van der Waals surface area contributed by atoms with Crippen LogP contribution in [0, 0.1) is 12.7 Å². The molecule has 2 atom stereocenters. The molecule has 162 valence electrons. The molecule has 2 aromatic rings. The summed E-state index contributed by atoms with van der Waals surface area (Å²) in [5.74, 6) is -0.821. The van der Waals surface area contributed by atoms with Gasteiger partial charge in [-0.25, -0.2) is 21.2 Å². The fourth-order valence-electron chi connectivity index (χ4n) is 4.34. The van der Waals surface area contributed by atoms with E-state index in [1.54, 1.807) is 42.5 Å². The number of sulfone groups is 2. The van der Waals surface area contributed by atoms with Crippen molar-refractivity contribution in [1.29, 1.82) is 0 Å². The van der Waals surface area contributed by atoms with Gasteiger partial charge in [-0.05, 0) is 31.2 Å². The van der Waals surface area contributed by atoms with Gasteiger partial charge < -0.3 is 4.90 Å². The lowest BCUT2D eigenvalue weighted by molar-refractivity contribution is 0.201. The maximum atomic E-state index is 14.1. The molecule has 0 amide bonds. The Bertz CT molecular complexity index is 1130. The smallest absolute Gasteiger partial charge is 0.183 e. The van der Waals surface area contributed by atoms with Gasteiger partial charge in [0, 0.05) is 32.2 Å². The molecule has 2 aliphatic heterocycles. The number of aryl methyl sites for hydroxylation is 1. The van der Waals surface area contributed by atoms with Gasteiger partial charge in [-0.1, -0.05) is 29.8 Å². The first-order valence-electron chi connectivity index (χ1n) is 9.92. The number of hydrogen-bond donors (Lipinski definition) is 0. The Morgan fingerprint density at radius 1 is 0.933 bits per heavy atom. The van der Waals surface area contributed by atoms with Crippen LogP contribution in [0.25, 0.3) is 0 Å². The van der Waals surface area contributed by atoms with Gasteiger partial charge in [-0.3, -0.25) is 4.90 Å². The average Bonchev–Trinajstić information content (AvgIpc) is 3.05. The molecule has 0 N–H and O–H groups in total. The second-order valence-corrected chi connectivity index (χ2v) is 12.3. The lowest BCUT2D eigenvalue weighted by Crippen LogP contribution is -2.55. The molecule has 2 fully saturated rings. The van der Waals surface area contributed by atoms with E-state index < -0.39 is 31.0 Å². The van der Waals surface area contributed by atoms with E-state index in [1.165, 1.54) is 6.07 Å². The van der Waals surface area contributed by atoms with E-state index in [9.17, 15) is 21.2 Å². The quantitative estimate of drug-likeness (QED) is 0.705. The van der Waals surface area contributed by atoms with E-state index in [0.717, 1.165) is 5.56 Å². The molecule has 2 unspecified atom stereocenters. The minimum absolute atomic E-state index is 0.158. The number of benzene rings is 2. The summed E-state index contributed by atoms with van der Waals surface area (Å²) in [6, 6.07) is 12.5. The summed E-state index contributed by atoms with van der Waals surface area (Å²) in [5.41, 5.74) is 1.45. The van der Waals surface area contributed by atoms with Gasteiger partial charge >= 0.3 is 0 Å². The number of para-hydroxylation sites is 1. The molecule has 0 aliphatic carbocycles. The molecule has 4 rings (SSSR count). The monoisotopic (exact) mass is 452 g/mol. The van der Waals surface area contributed by atoms with Crippen molar-refractivity contribution in [2.75, 3.05) is 42.6 Å². The molecule has 2 saturated heterocycles. The van der Waals surface area contributed by atoms with Crippen molar-refractivity contribution in [2.45, 2.75) is 23.1 Å². The number of piperazine rings is 1. The Morgan fingerprint density at radius 3 is 2.20 bits per heavy atom. The standard InChI is InChI=1S/C21H25FN2O4S2/c1-16-6-8-17(9-7-16)30(27,28)21-15-29(25,26)14-20(21)24-12-10-23(11-13-24)19-5-3-2-4-18(19)22/h2-9,20-21H,10-15H2,1H3. The molecule has 9 heteroatoms. The molecular weight excluding hydrogens is 427 g/mol. The zero-order valence-electron chi connectivity index (χ0n) is 16.7. The first kappa shape index (κ1) is 21.3. The van der Waals surface area contributed by atoms with E-state index in [-0.39, 0.29) is 22.2 Å². The Balaban J connectivity index is 1.55. The van der Waals surface area contributed by atoms with Crippen LogP contribution in [0.1, 0.15) is 5.56 Å². The molecule has 0 bridgehead atoms. The zero-order chi connectivity index (χ0) is 21.5. The SMILES string of the molecule is Cc1ccc(S(=O)(=O)C2CS(=O)(=O)CC2N2CCN(c3ccccc3F)CC2)cc1. The van der Waals surface area contributed by atoms with E-state index in [0.29, 0.717) is 31.9 Å². The van der Waals surface area contributed by atoms with Crippen LogP contribution in [0.15, 0.2) is 53.4 Å². The molecule has 0 saturated carbocycles. The minimum atomic E-state index is -3.79. The summed E-state index contributed by atoms with van der Waals surface area (Å²) in [4.78, 5) is 4.02. The van der Waals surface area contributed by atoms with Crippen LogP contribution in [0.2, 0.25) is 0 Å².